The molecule has 22 heavy (non-hydrogen) atoms. The summed E-state index contributed by atoms with van der Waals surface area (Å²) in [6, 6.07) is -0.988. The molecule has 1 aliphatic heterocycles. The first kappa shape index (κ1) is 16.4. The fraction of sp³-hybridized carbons (Fsp3) is 0.615. The van der Waals surface area contributed by atoms with E-state index in [0.717, 1.165) is 6.42 Å². The van der Waals surface area contributed by atoms with Gasteiger partial charge < -0.3 is 5.11 Å². The van der Waals surface area contributed by atoms with Crippen molar-refractivity contribution in [2.75, 3.05) is 6.54 Å². The summed E-state index contributed by atoms with van der Waals surface area (Å²) in [5.74, 6) is 1.64. The molecule has 9 heteroatoms. The highest BCUT2D eigenvalue weighted by atomic mass is 19.1. The van der Waals surface area contributed by atoms with E-state index in [1.165, 1.54) is 6.92 Å². The number of carboxylic acid groups (broad SMARTS) is 1. The molecule has 0 aromatic carbocycles. The van der Waals surface area contributed by atoms with Crippen molar-refractivity contribution < 1.29 is 28.8 Å². The number of hydrogen-bond donors (Lipinski definition) is 2. The zero-order valence-electron chi connectivity index (χ0n) is 12.2. The van der Waals surface area contributed by atoms with Crippen LogP contribution in [-0.4, -0.2) is 45.2 Å². The van der Waals surface area contributed by atoms with Crippen molar-refractivity contribution in [2.24, 2.45) is 5.90 Å². The lowest BCUT2D eigenvalue weighted by molar-refractivity contribution is -0.178. The highest BCUT2D eigenvalue weighted by molar-refractivity contribution is 6.16. The minimum atomic E-state index is -3.38. The van der Waals surface area contributed by atoms with Crippen molar-refractivity contribution in [3.8, 4) is 0 Å². The third kappa shape index (κ3) is 2.26. The minimum Gasteiger partial charge on any atom is -0.478 e. The predicted octanol–water partition coefficient (Wildman–Crippen LogP) is 1.09. The Balaban J connectivity index is 2.65. The van der Waals surface area contributed by atoms with E-state index in [4.69, 9.17) is 5.90 Å². The van der Waals surface area contributed by atoms with E-state index in [9.17, 15) is 19.5 Å². The Kier molecular flexibility index (Phi) is 4.47. The zero-order chi connectivity index (χ0) is 16.5. The maximum Gasteiger partial charge on any atom is 0.358 e. The van der Waals surface area contributed by atoms with E-state index in [0.29, 0.717) is 41.2 Å². The van der Waals surface area contributed by atoms with Crippen LogP contribution in [0.25, 0.3) is 0 Å². The molecule has 0 spiro atoms. The maximum absolute atomic E-state index is 15.2. The van der Waals surface area contributed by atoms with E-state index in [2.05, 4.69) is 4.94 Å². The number of hydrogen-bond acceptors (Lipinski definition) is 5. The molecule has 0 aromatic rings. The number of aliphatic carboxylic acids is 1. The predicted molar refractivity (Wildman–Crippen MR) is 71.5 cm³/mol. The highest BCUT2D eigenvalue weighted by Crippen LogP contribution is 2.39. The van der Waals surface area contributed by atoms with Gasteiger partial charge in [-0.25, -0.2) is 14.0 Å². The second-order valence-corrected chi connectivity index (χ2v) is 5.21. The molecule has 122 valence electrons. The molecule has 0 radical (unpaired) electrons. The highest BCUT2D eigenvalue weighted by Gasteiger charge is 2.62. The summed E-state index contributed by atoms with van der Waals surface area (Å²) in [7, 11) is 0. The fourth-order valence-corrected chi connectivity index (χ4v) is 2.89. The van der Waals surface area contributed by atoms with E-state index < -0.39 is 29.3 Å². The number of allylic oxidation sites excluding steroid dienone is 1. The van der Waals surface area contributed by atoms with Crippen molar-refractivity contribution >= 4 is 17.9 Å². The van der Waals surface area contributed by atoms with Gasteiger partial charge in [0.15, 0.2) is 0 Å². The Morgan fingerprint density at radius 1 is 1.36 bits per heavy atom. The minimum absolute atomic E-state index is 0.195. The number of nitrogens with two attached hydrogens (primary N) is 1. The summed E-state index contributed by atoms with van der Waals surface area (Å²) in [4.78, 5) is 40.8. The van der Waals surface area contributed by atoms with E-state index in [1.54, 1.807) is 0 Å². The molecule has 0 aromatic heterocycles. The van der Waals surface area contributed by atoms with Gasteiger partial charge in [-0.2, -0.15) is 10.8 Å². The van der Waals surface area contributed by atoms with E-state index in [-0.39, 0.29) is 6.54 Å². The Labute approximate surface area is 126 Å². The number of alkyl halides is 1. The van der Waals surface area contributed by atoms with Gasteiger partial charge >= 0.3 is 17.7 Å². The quantitative estimate of drug-likeness (QED) is 0.595. The smallest absolute Gasteiger partial charge is 0.358 e. The summed E-state index contributed by atoms with van der Waals surface area (Å²) in [6.45, 7) is 1.23. The Hall–Kier alpha value is -2.00. The Bertz CT molecular complexity index is 542. The normalized spacial score (nSPS) is 26.7. The number of imide groups is 1. The largest absolute Gasteiger partial charge is 0.478 e. The van der Waals surface area contributed by atoms with Crippen molar-refractivity contribution in [1.82, 2.24) is 9.96 Å². The molecule has 1 saturated heterocycles. The monoisotopic (exact) mass is 315 g/mol. The lowest BCUT2D eigenvalue weighted by Gasteiger charge is -2.40. The van der Waals surface area contributed by atoms with E-state index in [1.807, 2.05) is 0 Å². The molecule has 3 N–H and O–H groups in total. The second kappa shape index (κ2) is 6.01. The third-order valence-electron chi connectivity index (χ3n) is 3.98. The summed E-state index contributed by atoms with van der Waals surface area (Å²) >= 11 is 0. The van der Waals surface area contributed by atoms with Gasteiger partial charge in [0.25, 0.3) is 5.91 Å². The number of nitrogens with zero attached hydrogens (tertiary/aromatic N) is 2. The van der Waals surface area contributed by atoms with Crippen molar-refractivity contribution in [1.29, 1.82) is 0 Å². The van der Waals surface area contributed by atoms with Crippen LogP contribution in [0.1, 0.15) is 39.0 Å². The molecule has 1 heterocycles. The third-order valence-corrected chi connectivity index (χ3v) is 3.98. The maximum atomic E-state index is 15.2. The van der Waals surface area contributed by atoms with Gasteiger partial charge in [-0.3, -0.25) is 9.69 Å². The first-order chi connectivity index (χ1) is 10.4. The first-order valence-electron chi connectivity index (χ1n) is 7.07. The number of carbonyl (C=O) groups excluding carboxylic acids is 2. The molecule has 3 amide bonds. The molecule has 1 saturated carbocycles. The number of carboxylic acids is 1. The van der Waals surface area contributed by atoms with Gasteiger partial charge in [0.2, 0.25) is 0 Å². The lowest BCUT2D eigenvalue weighted by atomic mass is 9.86. The van der Waals surface area contributed by atoms with Gasteiger partial charge in [0.05, 0.1) is 0 Å². The average Bonchev–Trinajstić information content (AvgIpc) is 2.51. The molecule has 1 unspecified atom stereocenters. The topological polar surface area (TPSA) is 113 Å². The van der Waals surface area contributed by atoms with Gasteiger partial charge in [-0.1, -0.05) is 6.42 Å². The Morgan fingerprint density at radius 2 is 1.95 bits per heavy atom. The summed E-state index contributed by atoms with van der Waals surface area (Å²) in [5.41, 5.74) is -3.60. The molecule has 1 aliphatic carbocycles. The summed E-state index contributed by atoms with van der Waals surface area (Å²) in [6.07, 6.45) is 3.12. The van der Waals surface area contributed by atoms with Crippen LogP contribution < -0.4 is 5.90 Å². The number of amides is 3. The molecular formula is C13H18FN3O5. The van der Waals surface area contributed by atoms with Crippen molar-refractivity contribution in [3.05, 3.63) is 11.3 Å². The van der Waals surface area contributed by atoms with Crippen LogP contribution in [0, 0.1) is 0 Å². The number of urea groups is 1. The van der Waals surface area contributed by atoms with Crippen LogP contribution in [0.15, 0.2) is 11.3 Å². The molecule has 2 rings (SSSR count). The van der Waals surface area contributed by atoms with Gasteiger partial charge in [-0.15, -0.1) is 5.06 Å². The molecule has 2 fully saturated rings. The SMILES string of the molecule is CCN1C(=O)N(ON)C(=C2CCCCC2)C(F)(C(=O)O)C1=O. The first-order valence-corrected chi connectivity index (χ1v) is 7.07. The molecule has 8 nitrogen and oxygen atoms in total. The standard InChI is InChI=1S/C13H18FN3O5/c1-2-16-10(18)13(14,11(19)20)9(17(22-15)12(16)21)8-6-4-3-5-7-8/h2-7,15H2,1H3,(H,19,20). The van der Waals surface area contributed by atoms with Crippen LogP contribution in [0.4, 0.5) is 9.18 Å². The van der Waals surface area contributed by atoms with Crippen molar-refractivity contribution in [3.63, 3.8) is 0 Å². The average molecular weight is 315 g/mol. The lowest BCUT2D eigenvalue weighted by Crippen LogP contribution is -2.65. The fourth-order valence-electron chi connectivity index (χ4n) is 2.89. The summed E-state index contributed by atoms with van der Waals surface area (Å²) in [5, 5.41) is 9.68. The number of carbonyl (C=O) groups is 3. The number of rotatable bonds is 3. The van der Waals surface area contributed by atoms with Gasteiger partial charge in [-0.05, 0) is 38.2 Å². The Morgan fingerprint density at radius 3 is 2.41 bits per heavy atom. The summed E-state index contributed by atoms with van der Waals surface area (Å²) < 4.78 is 15.2. The van der Waals surface area contributed by atoms with Crippen LogP contribution in [0.3, 0.4) is 0 Å². The zero-order valence-corrected chi connectivity index (χ0v) is 12.2. The molecule has 1 atom stereocenters. The van der Waals surface area contributed by atoms with Crippen LogP contribution in [-0.2, 0) is 14.5 Å². The van der Waals surface area contributed by atoms with Crippen LogP contribution in [0.2, 0.25) is 0 Å². The van der Waals surface area contributed by atoms with Gasteiger partial charge in [0.1, 0.15) is 5.70 Å². The second-order valence-electron chi connectivity index (χ2n) is 5.21. The number of hydroxylamine groups is 2. The molecule has 0 bridgehead atoms. The van der Waals surface area contributed by atoms with Crippen molar-refractivity contribution in [2.45, 2.75) is 44.7 Å². The van der Waals surface area contributed by atoms with Gasteiger partial charge in [0, 0.05) is 6.54 Å². The molecule has 2 aliphatic rings. The number of halogens is 1. The van der Waals surface area contributed by atoms with E-state index >= 15 is 4.39 Å². The van der Waals surface area contributed by atoms with Crippen LogP contribution in [0.5, 0.6) is 0 Å². The molecular weight excluding hydrogens is 297 g/mol. The van der Waals surface area contributed by atoms with Crippen LogP contribution >= 0.6 is 0 Å².